The minimum absolute atomic E-state index is 0. The molecule has 2 aliphatic rings. The number of carbonyl (C=O) groups excluding carboxylic acids is 4. The van der Waals surface area contributed by atoms with E-state index in [1.165, 1.54) is 24.3 Å². The van der Waals surface area contributed by atoms with E-state index in [-0.39, 0.29) is 39.3 Å². The fourth-order valence-electron chi connectivity index (χ4n) is 4.52. The van der Waals surface area contributed by atoms with Crippen LogP contribution in [0.3, 0.4) is 0 Å². The Hall–Kier alpha value is -4.10. The topological polar surface area (TPSA) is 183 Å². The van der Waals surface area contributed by atoms with E-state index in [0.29, 0.717) is 22.3 Å². The molecule has 209 valence electrons. The fraction of sp³-hybridized carbons (Fsp3) is 0. The maximum absolute atomic E-state index is 12.0. The third-order valence-electron chi connectivity index (χ3n) is 6.38. The number of hydrogen-bond acceptors (Lipinski definition) is 10. The minimum atomic E-state index is -4.67. The Morgan fingerprint density at radius 2 is 0.659 bits per heavy atom. The Morgan fingerprint density at radius 1 is 0.390 bits per heavy atom. The summed E-state index contributed by atoms with van der Waals surface area (Å²) in [6.45, 7) is 0. The van der Waals surface area contributed by atoms with Crippen molar-refractivity contribution in [3.8, 4) is 22.3 Å². The van der Waals surface area contributed by atoms with Crippen molar-refractivity contribution in [1.82, 2.24) is 0 Å². The van der Waals surface area contributed by atoms with Gasteiger partial charge in [0.25, 0.3) is 0 Å². The van der Waals surface area contributed by atoms with E-state index in [1.54, 1.807) is 36.4 Å². The van der Waals surface area contributed by atoms with Crippen LogP contribution in [0.1, 0.15) is 41.4 Å². The number of rotatable bonds is 2. The zero-order valence-corrected chi connectivity index (χ0v) is 22.9. The van der Waals surface area contributed by atoms with Crippen LogP contribution in [-0.4, -0.2) is 49.1 Å². The quantitative estimate of drug-likeness (QED) is 0.180. The molecule has 0 spiro atoms. The Kier molecular flexibility index (Phi) is 7.80. The summed E-state index contributed by atoms with van der Waals surface area (Å²) in [7, 11) is -9.34. The first kappa shape index (κ1) is 29.9. The number of fused-ring (bicyclic) bond motifs is 6. The molecule has 0 fully saturated rings. The second kappa shape index (κ2) is 10.7. The van der Waals surface area contributed by atoms with Gasteiger partial charge in [-0.25, -0.2) is 16.8 Å². The summed E-state index contributed by atoms with van der Waals surface area (Å²) in [5.41, 5.74) is 2.49. The predicted octanol–water partition coefficient (Wildman–Crippen LogP) is 3.27. The van der Waals surface area contributed by atoms with E-state index in [4.69, 9.17) is 0 Å². The van der Waals surface area contributed by atoms with Crippen LogP contribution in [0.25, 0.3) is 22.3 Å². The van der Waals surface area contributed by atoms with Crippen LogP contribution < -0.4 is 0 Å². The van der Waals surface area contributed by atoms with Crippen LogP contribution >= 0.6 is 0 Å². The average Bonchev–Trinajstić information content (AvgIpc) is 2.93. The molecule has 0 aromatic heterocycles. The SMILES string of the molecule is O=C1C(=O)c2cc(S(=O)(=O)[O-])ccc2-c2ccccc21.O=C1C(=O)c2cc(S(=O)(=O)[O-])ccc2-c2ccccc21.[Cu+2]. The maximum atomic E-state index is 12.0. The van der Waals surface area contributed by atoms with Crippen LogP contribution in [0.15, 0.2) is 94.7 Å². The van der Waals surface area contributed by atoms with Gasteiger partial charge in [-0.1, -0.05) is 60.7 Å². The van der Waals surface area contributed by atoms with Crippen LogP contribution in [0.5, 0.6) is 0 Å². The Balaban J connectivity index is 0.000000184. The summed E-state index contributed by atoms with van der Waals surface area (Å²) in [4.78, 5) is 46.9. The van der Waals surface area contributed by atoms with Gasteiger partial charge in [0.1, 0.15) is 20.2 Å². The first-order valence-corrected chi connectivity index (χ1v) is 14.2. The van der Waals surface area contributed by atoms with E-state index in [0.717, 1.165) is 24.3 Å². The monoisotopic (exact) mass is 637 g/mol. The summed E-state index contributed by atoms with van der Waals surface area (Å²) in [6.07, 6.45) is 0. The molecule has 0 aliphatic heterocycles. The van der Waals surface area contributed by atoms with Crippen molar-refractivity contribution in [2.24, 2.45) is 0 Å². The second-order valence-corrected chi connectivity index (χ2v) is 11.5. The van der Waals surface area contributed by atoms with Crippen molar-refractivity contribution in [2.45, 2.75) is 9.79 Å². The molecular formula is C28H14CuO10S2. The molecule has 10 nitrogen and oxygen atoms in total. The van der Waals surface area contributed by atoms with Gasteiger partial charge in [-0.05, 0) is 46.5 Å². The number of Topliss-reactive ketones (excluding diaryl/α,β-unsaturated/α-hetero) is 4. The van der Waals surface area contributed by atoms with Crippen molar-refractivity contribution in [3.05, 3.63) is 107 Å². The predicted molar refractivity (Wildman–Crippen MR) is 137 cm³/mol. The van der Waals surface area contributed by atoms with Crippen molar-refractivity contribution in [3.63, 3.8) is 0 Å². The molecule has 0 atom stereocenters. The van der Waals surface area contributed by atoms with E-state index in [1.807, 2.05) is 0 Å². The van der Waals surface area contributed by atoms with Crippen LogP contribution in [0, 0.1) is 0 Å². The van der Waals surface area contributed by atoms with Gasteiger partial charge in [-0.2, -0.15) is 0 Å². The smallest absolute Gasteiger partial charge is 0.744 e. The maximum Gasteiger partial charge on any atom is 2.00 e. The van der Waals surface area contributed by atoms with Gasteiger partial charge in [-0.3, -0.25) is 19.2 Å². The Labute approximate surface area is 244 Å². The molecule has 4 aromatic carbocycles. The average molecular weight is 638 g/mol. The third-order valence-corrected chi connectivity index (χ3v) is 8.05. The summed E-state index contributed by atoms with van der Waals surface area (Å²) >= 11 is 0. The molecule has 0 N–H and O–H groups in total. The summed E-state index contributed by atoms with van der Waals surface area (Å²) < 4.78 is 66.0. The van der Waals surface area contributed by atoms with E-state index in [2.05, 4.69) is 0 Å². The Bertz CT molecular complexity index is 1880. The van der Waals surface area contributed by atoms with Crippen molar-refractivity contribution in [1.29, 1.82) is 0 Å². The molecule has 0 saturated heterocycles. The van der Waals surface area contributed by atoms with Crippen molar-refractivity contribution < 1.29 is 62.2 Å². The number of benzene rings is 4. The molecule has 6 rings (SSSR count). The molecular weight excluding hydrogens is 624 g/mol. The van der Waals surface area contributed by atoms with Gasteiger partial charge in [0.05, 0.1) is 9.79 Å². The van der Waals surface area contributed by atoms with Crippen molar-refractivity contribution >= 4 is 43.4 Å². The van der Waals surface area contributed by atoms with Gasteiger partial charge in [0.2, 0.25) is 23.1 Å². The molecule has 0 unspecified atom stereocenters. The van der Waals surface area contributed by atoms with E-state index < -0.39 is 53.2 Å². The molecule has 13 heteroatoms. The summed E-state index contributed by atoms with van der Waals surface area (Å²) in [5.74, 6) is -3.00. The van der Waals surface area contributed by atoms with Crippen LogP contribution in [0.2, 0.25) is 0 Å². The van der Waals surface area contributed by atoms with Gasteiger partial charge in [0.15, 0.2) is 0 Å². The molecule has 4 aromatic rings. The summed E-state index contributed by atoms with van der Waals surface area (Å²) in [6, 6.07) is 20.1. The van der Waals surface area contributed by atoms with E-state index >= 15 is 0 Å². The first-order valence-electron chi connectivity index (χ1n) is 11.4. The number of carbonyl (C=O) groups is 4. The Morgan fingerprint density at radius 3 is 0.976 bits per heavy atom. The van der Waals surface area contributed by atoms with Crippen molar-refractivity contribution in [2.75, 3.05) is 0 Å². The molecule has 2 aliphatic carbocycles. The van der Waals surface area contributed by atoms with Crippen LogP contribution in [0.4, 0.5) is 0 Å². The molecule has 0 saturated carbocycles. The number of hydrogen-bond donors (Lipinski definition) is 0. The van der Waals surface area contributed by atoms with E-state index in [9.17, 15) is 45.1 Å². The normalized spacial score (nSPS) is 13.5. The minimum Gasteiger partial charge on any atom is -0.744 e. The molecule has 0 amide bonds. The molecule has 0 heterocycles. The van der Waals surface area contributed by atoms with Gasteiger partial charge in [-0.15, -0.1) is 0 Å². The molecule has 1 radical (unpaired) electrons. The fourth-order valence-corrected chi connectivity index (χ4v) is 5.52. The first-order chi connectivity index (χ1) is 18.8. The standard InChI is InChI=1S/2C14H8O5S.Cu/c2*15-13-11-4-2-1-3-9(11)10-6-5-8(20(17,18)19)7-12(10)14(13)16;/h2*1-7H,(H,17,18,19);/q;;+2/p-2. The zero-order valence-electron chi connectivity index (χ0n) is 20.3. The third kappa shape index (κ3) is 5.34. The summed E-state index contributed by atoms with van der Waals surface area (Å²) in [5, 5.41) is 0. The molecule has 41 heavy (non-hydrogen) atoms. The molecule has 0 bridgehead atoms. The van der Waals surface area contributed by atoms with Crippen LogP contribution in [-0.2, 0) is 37.3 Å². The zero-order chi connectivity index (χ0) is 29.0. The van der Waals surface area contributed by atoms with Gasteiger partial charge >= 0.3 is 17.1 Å². The number of ketones is 4. The van der Waals surface area contributed by atoms with Gasteiger partial charge in [0, 0.05) is 22.3 Å². The largest absolute Gasteiger partial charge is 2.00 e. The van der Waals surface area contributed by atoms with Gasteiger partial charge < -0.3 is 9.11 Å². The second-order valence-electron chi connectivity index (χ2n) is 8.73.